The standard InChI is InChI=1S/C31H18N2O2Se.C18H12N2OSe.C13H8O2.C12H9NSe.C6H4BrNO/c34-30-22-16-20-7-1-2-8-21(20)17-23(22)31(35)24(30)15-19-13-14-29(32-18-19)33-25-9-3-5-11-27(25)36-28-12-6-4-10-26(28)33;21-12-13-9-10-18(19-11-13)20-14-5-1-3-7-16(14)22-17-8-4-2-6-15(17)20;14-12-7-13(15)11-6-9-4-2-1-3-8(9)5-10(11)12;1-3-7-11-9(5-1)13-10-6-2-4-8-12(10)14-11;7-6-2-1-5(4-9)3-8-6/h1-18H;1-12H;1-6H,7H2;1-8,13H;1-4H. The molecule has 6 heterocycles. The Labute approximate surface area is 579 Å². The number of hydrogen-bond acceptors (Lipinski definition) is 12. The van der Waals surface area contributed by atoms with Gasteiger partial charge in [-0.3, -0.25) is 14.4 Å². The van der Waals surface area contributed by atoms with Crippen molar-refractivity contribution in [3.05, 3.63) is 322 Å². The third-order valence-electron chi connectivity index (χ3n) is 16.1. The Morgan fingerprint density at radius 1 is 0.365 bits per heavy atom. The predicted molar refractivity (Wildman–Crippen MR) is 390 cm³/mol. The number of Topliss-reactive ketones (excluding diaryl/α,β-unsaturated/α-hetero) is 4. The van der Waals surface area contributed by atoms with Gasteiger partial charge in [0.15, 0.2) is 17.9 Å². The number of nitrogens with zero attached hydrogens (tertiary/aromatic N) is 5. The van der Waals surface area contributed by atoms with Crippen molar-refractivity contribution in [2.75, 3.05) is 15.1 Å². The zero-order valence-electron chi connectivity index (χ0n) is 50.7. The van der Waals surface area contributed by atoms with E-state index in [0.29, 0.717) is 63.3 Å². The molecule has 0 saturated heterocycles. The van der Waals surface area contributed by atoms with Crippen molar-refractivity contribution in [2.24, 2.45) is 0 Å². The maximum atomic E-state index is 13.1. The molecule has 2 aliphatic carbocycles. The number of fused-ring (bicyclic) bond motifs is 10. The number of ketones is 4. The van der Waals surface area contributed by atoms with Crippen LogP contribution in [0.3, 0.4) is 0 Å². The number of benzene rings is 10. The summed E-state index contributed by atoms with van der Waals surface area (Å²) in [6.07, 6.45) is 8.13. The molecular formula is C80H51BrN6O6Se3. The molecule has 5 aliphatic rings. The third kappa shape index (κ3) is 13.2. The summed E-state index contributed by atoms with van der Waals surface area (Å²) in [6.45, 7) is 0. The molecule has 462 valence electrons. The zero-order valence-corrected chi connectivity index (χ0v) is 57.4. The normalized spacial score (nSPS) is 13.1. The van der Waals surface area contributed by atoms with E-state index < -0.39 is 0 Å². The van der Waals surface area contributed by atoms with E-state index in [1.165, 1.54) is 55.7 Å². The average Bonchev–Trinajstić information content (AvgIpc) is 1.28. The van der Waals surface area contributed by atoms with Crippen LogP contribution >= 0.6 is 15.9 Å². The average molecular weight is 1510 g/mol. The van der Waals surface area contributed by atoms with Gasteiger partial charge in [0.05, 0.1) is 6.42 Å². The van der Waals surface area contributed by atoms with Gasteiger partial charge in [-0.1, -0.05) is 48.5 Å². The third-order valence-corrected chi connectivity index (χ3v) is 23.8. The quantitative estimate of drug-likeness (QED) is 0.0435. The number of pyridine rings is 3. The summed E-state index contributed by atoms with van der Waals surface area (Å²) >= 11 is 4.14. The number of nitrogens with one attached hydrogen (secondary N) is 1. The first-order valence-electron chi connectivity index (χ1n) is 30.4. The number of rotatable bonds is 5. The molecule has 12 nitrogen and oxygen atoms in total. The molecule has 0 amide bonds. The monoisotopic (exact) mass is 1510 g/mol. The molecule has 0 unspecified atom stereocenters. The summed E-state index contributed by atoms with van der Waals surface area (Å²) in [6, 6.07) is 84.6. The molecule has 0 atom stereocenters. The van der Waals surface area contributed by atoms with E-state index >= 15 is 0 Å². The second kappa shape index (κ2) is 28.1. The molecular weight excluding hydrogens is 1460 g/mol. The number of hydrogen-bond donors (Lipinski definition) is 1. The summed E-state index contributed by atoms with van der Waals surface area (Å²) in [5.74, 6) is 1.06. The first-order chi connectivity index (χ1) is 47.0. The van der Waals surface area contributed by atoms with Crippen molar-refractivity contribution in [1.29, 1.82) is 0 Å². The minimum atomic E-state index is -0.231. The summed E-state index contributed by atoms with van der Waals surface area (Å²) in [5, 5.41) is 7.39. The second-order valence-electron chi connectivity index (χ2n) is 22.2. The predicted octanol–water partition coefficient (Wildman–Crippen LogP) is 13.1. The number of anilines is 8. The van der Waals surface area contributed by atoms with E-state index in [-0.39, 0.29) is 50.1 Å². The first-order valence-corrected chi connectivity index (χ1v) is 36.3. The van der Waals surface area contributed by atoms with Gasteiger partial charge in [0, 0.05) is 22.9 Å². The molecule has 0 radical (unpaired) electrons. The molecule has 0 bridgehead atoms. The molecule has 1 N–H and O–H groups in total. The van der Waals surface area contributed by atoms with Crippen LogP contribution in [0, 0.1) is 0 Å². The van der Waals surface area contributed by atoms with Gasteiger partial charge in [-0.15, -0.1) is 0 Å². The topological polar surface area (TPSA) is 160 Å². The number of aromatic nitrogens is 3. The van der Waals surface area contributed by atoms with Crippen LogP contribution < -0.4 is 41.9 Å². The molecule has 3 aromatic heterocycles. The van der Waals surface area contributed by atoms with Crippen LogP contribution in [-0.2, 0) is 0 Å². The first kappa shape index (κ1) is 62.8. The van der Waals surface area contributed by atoms with Crippen molar-refractivity contribution in [3.8, 4) is 0 Å². The van der Waals surface area contributed by atoms with E-state index in [0.717, 1.165) is 67.3 Å². The van der Waals surface area contributed by atoms with E-state index in [1.807, 2.05) is 103 Å². The van der Waals surface area contributed by atoms with E-state index in [4.69, 9.17) is 4.98 Å². The molecule has 3 aliphatic heterocycles. The molecule has 96 heavy (non-hydrogen) atoms. The minimum absolute atomic E-state index is 0.0334. The SMILES string of the molecule is O=C1C(=Cc2ccc(N3c4ccccc4[Se]c4ccccc43)nc2)C(=O)c2cc3ccccc3cc21.O=C1CC(=O)c2cc3ccccc3cc21.O=Cc1ccc(Br)nc1.O=Cc1ccc(N2c3ccccc3[Se]c3ccccc32)nc1.c1ccc2c(c1)Nc1ccccc1[Se]2. The van der Waals surface area contributed by atoms with E-state index in [2.05, 4.69) is 174 Å². The van der Waals surface area contributed by atoms with Crippen LogP contribution in [-0.4, -0.2) is 95.5 Å². The Kier molecular flexibility index (Phi) is 18.4. The van der Waals surface area contributed by atoms with Crippen LogP contribution in [0.15, 0.2) is 284 Å². The number of allylic oxidation sites excluding steroid dienone is 1. The van der Waals surface area contributed by atoms with E-state index in [9.17, 15) is 28.8 Å². The summed E-state index contributed by atoms with van der Waals surface area (Å²) in [4.78, 5) is 87.6. The van der Waals surface area contributed by atoms with Crippen molar-refractivity contribution in [2.45, 2.75) is 6.42 Å². The fourth-order valence-corrected chi connectivity index (χ4v) is 18.2. The maximum absolute atomic E-state index is 13.1. The Bertz CT molecular complexity index is 4990. The molecule has 0 spiro atoms. The van der Waals surface area contributed by atoms with Gasteiger partial charge in [0.25, 0.3) is 0 Å². The fraction of sp³-hybridized carbons (Fsp3) is 0.0125. The molecule has 18 rings (SSSR count). The molecule has 10 aromatic carbocycles. The van der Waals surface area contributed by atoms with E-state index in [1.54, 1.807) is 36.7 Å². The van der Waals surface area contributed by atoms with Gasteiger partial charge in [0.1, 0.15) is 4.60 Å². The fourth-order valence-electron chi connectivity index (χ4n) is 11.5. The van der Waals surface area contributed by atoms with Crippen molar-refractivity contribution < 1.29 is 28.8 Å². The van der Waals surface area contributed by atoms with Gasteiger partial charge in [-0.2, -0.15) is 0 Å². The Hall–Kier alpha value is -10.6. The van der Waals surface area contributed by atoms with Gasteiger partial charge in [-0.25, -0.2) is 4.98 Å². The summed E-state index contributed by atoms with van der Waals surface area (Å²) in [5.41, 5.74) is 11.4. The molecule has 0 fully saturated rings. The molecule has 0 saturated carbocycles. The number of halogens is 1. The second-order valence-corrected chi connectivity index (χ2v) is 29.9. The Balaban J connectivity index is 0.000000112. The van der Waals surface area contributed by atoms with Crippen molar-refractivity contribution >= 4 is 197 Å². The van der Waals surface area contributed by atoms with Crippen molar-refractivity contribution in [3.63, 3.8) is 0 Å². The van der Waals surface area contributed by atoms with Crippen LogP contribution in [0.4, 0.5) is 45.8 Å². The molecule has 13 aromatic rings. The number of carbonyl (C=O) groups excluding carboxylic acids is 6. The molecule has 16 heteroatoms. The zero-order chi connectivity index (χ0) is 65.7. The van der Waals surface area contributed by atoms with Crippen LogP contribution in [0.1, 0.15) is 74.1 Å². The van der Waals surface area contributed by atoms with Gasteiger partial charge < -0.3 is 0 Å². The van der Waals surface area contributed by atoms with Gasteiger partial charge in [0.2, 0.25) is 0 Å². The van der Waals surface area contributed by atoms with Crippen LogP contribution in [0.25, 0.3) is 27.6 Å². The Morgan fingerprint density at radius 3 is 1.07 bits per heavy atom. The van der Waals surface area contributed by atoms with Crippen LogP contribution in [0.2, 0.25) is 0 Å². The van der Waals surface area contributed by atoms with Crippen LogP contribution in [0.5, 0.6) is 0 Å². The number of carbonyl (C=O) groups is 6. The Morgan fingerprint density at radius 2 is 0.698 bits per heavy atom. The van der Waals surface area contributed by atoms with Crippen molar-refractivity contribution in [1.82, 2.24) is 15.0 Å². The number of para-hydroxylation sites is 6. The number of aldehydes is 2. The van der Waals surface area contributed by atoms with Gasteiger partial charge in [-0.05, 0) is 61.7 Å². The summed E-state index contributed by atoms with van der Waals surface area (Å²) < 4.78 is 8.93. The summed E-state index contributed by atoms with van der Waals surface area (Å²) in [7, 11) is 0. The van der Waals surface area contributed by atoms with Gasteiger partial charge >= 0.3 is 403 Å².